The molecule has 0 unspecified atom stereocenters. The van der Waals surface area contributed by atoms with Gasteiger partial charge in [0, 0.05) is 23.2 Å². The molecule has 0 aliphatic rings. The Labute approximate surface area is 187 Å². The van der Waals surface area contributed by atoms with Crippen LogP contribution in [0.5, 0.6) is 11.5 Å². The van der Waals surface area contributed by atoms with Crippen LogP contribution in [0, 0.1) is 6.92 Å². The van der Waals surface area contributed by atoms with Crippen LogP contribution in [0.25, 0.3) is 21.8 Å². The van der Waals surface area contributed by atoms with Gasteiger partial charge in [0.2, 0.25) is 0 Å². The van der Waals surface area contributed by atoms with Gasteiger partial charge in [-0.15, -0.1) is 0 Å². The predicted molar refractivity (Wildman–Crippen MR) is 127 cm³/mol. The molecular weight excluding hydrogens is 424 g/mol. The molecule has 0 amide bonds. The van der Waals surface area contributed by atoms with E-state index < -0.39 is 10.0 Å². The molecule has 2 aromatic heterocycles. The molecule has 7 heteroatoms. The smallest absolute Gasteiger partial charge is 0.268 e. The lowest BCUT2D eigenvalue weighted by atomic mass is 10.2. The Hall–Kier alpha value is -3.71. The number of rotatable bonds is 4. The first-order valence-corrected chi connectivity index (χ1v) is 11.5. The number of hydrogen-bond donors (Lipinski definition) is 1. The normalized spacial score (nSPS) is 11.2. The van der Waals surface area contributed by atoms with Crippen LogP contribution in [0.3, 0.4) is 0 Å². The van der Waals surface area contributed by atoms with E-state index >= 15 is 0 Å². The molecular formula is C25H24N2O4S. The fourth-order valence-corrected chi connectivity index (χ4v) is 4.91. The summed E-state index contributed by atoms with van der Waals surface area (Å²) in [5, 5.41) is 2.01. The van der Waals surface area contributed by atoms with E-state index in [1.165, 1.54) is 16.5 Å². The highest BCUT2D eigenvalue weighted by Crippen LogP contribution is 2.29. The largest absolute Gasteiger partial charge is 0.495 e. The van der Waals surface area contributed by atoms with Crippen molar-refractivity contribution < 1.29 is 17.9 Å². The molecule has 1 N–H and O–H groups in total. The van der Waals surface area contributed by atoms with Crippen molar-refractivity contribution in [2.75, 3.05) is 14.2 Å². The van der Waals surface area contributed by atoms with Gasteiger partial charge in [-0.05, 0) is 43.3 Å². The van der Waals surface area contributed by atoms with Gasteiger partial charge in [0.25, 0.3) is 10.0 Å². The second-order valence-corrected chi connectivity index (χ2v) is 9.04. The van der Waals surface area contributed by atoms with Crippen LogP contribution in [0.4, 0.5) is 0 Å². The van der Waals surface area contributed by atoms with Crippen molar-refractivity contribution in [3.8, 4) is 11.5 Å². The second kappa shape index (κ2) is 8.80. The van der Waals surface area contributed by atoms with Gasteiger partial charge in [0.05, 0.1) is 24.6 Å². The van der Waals surface area contributed by atoms with Gasteiger partial charge in [-0.25, -0.2) is 12.4 Å². The number of aryl methyl sites for hydroxylation is 1. The lowest BCUT2D eigenvalue weighted by Gasteiger charge is -2.10. The molecule has 32 heavy (non-hydrogen) atoms. The molecule has 0 bridgehead atoms. The Morgan fingerprint density at radius 2 is 1.44 bits per heavy atom. The van der Waals surface area contributed by atoms with Crippen LogP contribution >= 0.6 is 0 Å². The molecule has 3 aromatic carbocycles. The summed E-state index contributed by atoms with van der Waals surface area (Å²) in [6, 6.07) is 22.0. The summed E-state index contributed by atoms with van der Waals surface area (Å²) in [7, 11) is -0.426. The lowest BCUT2D eigenvalue weighted by Crippen LogP contribution is -2.12. The average molecular weight is 449 g/mol. The molecule has 0 radical (unpaired) electrons. The van der Waals surface area contributed by atoms with Crippen LogP contribution in [0.1, 0.15) is 5.56 Å². The maximum Gasteiger partial charge on any atom is 0.268 e. The Morgan fingerprint density at radius 1 is 0.781 bits per heavy atom. The van der Waals surface area contributed by atoms with Gasteiger partial charge in [-0.3, -0.25) is 0 Å². The minimum Gasteiger partial charge on any atom is -0.495 e. The molecule has 5 aromatic rings. The van der Waals surface area contributed by atoms with E-state index in [9.17, 15) is 8.42 Å². The highest BCUT2D eigenvalue weighted by molar-refractivity contribution is 7.90. The highest BCUT2D eigenvalue weighted by Gasteiger charge is 2.20. The van der Waals surface area contributed by atoms with Crippen molar-refractivity contribution in [3.05, 3.63) is 90.8 Å². The van der Waals surface area contributed by atoms with Gasteiger partial charge in [-0.1, -0.05) is 42.0 Å². The van der Waals surface area contributed by atoms with Crippen molar-refractivity contribution in [1.29, 1.82) is 0 Å². The number of para-hydroxylation sites is 2. The second-order valence-electron chi connectivity index (χ2n) is 7.23. The first-order valence-electron chi connectivity index (χ1n) is 10.0. The third-order valence-electron chi connectivity index (χ3n) is 5.21. The predicted octanol–water partition coefficient (Wildman–Crippen LogP) is 5.37. The Bertz CT molecular complexity index is 1470. The number of aromatic amines is 1. The number of ether oxygens (including phenoxy) is 2. The molecule has 0 aliphatic heterocycles. The molecule has 164 valence electrons. The van der Waals surface area contributed by atoms with E-state index in [0.717, 1.165) is 22.2 Å². The van der Waals surface area contributed by atoms with Crippen molar-refractivity contribution in [3.63, 3.8) is 0 Å². The number of aromatic nitrogens is 2. The number of nitrogens with zero attached hydrogens (tertiary/aromatic N) is 1. The molecule has 0 aliphatic carbocycles. The Balaban J connectivity index is 0.000000186. The van der Waals surface area contributed by atoms with Gasteiger partial charge in [0.15, 0.2) is 0 Å². The first-order chi connectivity index (χ1) is 15.5. The highest BCUT2D eigenvalue weighted by atomic mass is 32.2. The number of H-pyrrole nitrogens is 1. The van der Waals surface area contributed by atoms with E-state index in [4.69, 9.17) is 9.47 Å². The standard InChI is InChI=1S/C16H15NO3S.C9H9NO/c1-12-6-8-14(9-7-12)21(18,19)17-11-10-13-4-3-5-15(20-2)16(13)17;1-11-8-4-2-3-7-5-6-10-9(7)8/h3-11H,1-2H3;2-6,10H,1H3. The van der Waals surface area contributed by atoms with E-state index in [1.807, 2.05) is 49.5 Å². The number of nitrogens with one attached hydrogen (secondary N) is 1. The average Bonchev–Trinajstić information content (AvgIpc) is 3.47. The summed E-state index contributed by atoms with van der Waals surface area (Å²) in [6.45, 7) is 1.92. The molecule has 2 heterocycles. The molecule has 0 saturated carbocycles. The maximum atomic E-state index is 12.8. The first kappa shape index (κ1) is 21.5. The minimum atomic E-state index is -3.63. The van der Waals surface area contributed by atoms with Crippen LogP contribution in [-0.2, 0) is 10.0 Å². The molecule has 0 saturated heterocycles. The Kier molecular flexibility index (Phi) is 5.92. The molecule has 0 spiro atoms. The zero-order valence-electron chi connectivity index (χ0n) is 18.1. The van der Waals surface area contributed by atoms with Gasteiger partial charge in [0.1, 0.15) is 17.0 Å². The van der Waals surface area contributed by atoms with Crippen molar-refractivity contribution >= 4 is 31.8 Å². The fourth-order valence-electron chi connectivity index (χ4n) is 3.55. The summed E-state index contributed by atoms with van der Waals surface area (Å²) >= 11 is 0. The maximum absolute atomic E-state index is 12.8. The van der Waals surface area contributed by atoms with Crippen molar-refractivity contribution in [2.45, 2.75) is 11.8 Å². The van der Waals surface area contributed by atoms with E-state index in [2.05, 4.69) is 4.98 Å². The van der Waals surface area contributed by atoms with E-state index in [-0.39, 0.29) is 4.90 Å². The van der Waals surface area contributed by atoms with Crippen molar-refractivity contribution in [2.24, 2.45) is 0 Å². The summed E-state index contributed by atoms with van der Waals surface area (Å²) in [5.41, 5.74) is 2.64. The van der Waals surface area contributed by atoms with Crippen molar-refractivity contribution in [1.82, 2.24) is 8.96 Å². The number of fused-ring (bicyclic) bond motifs is 2. The van der Waals surface area contributed by atoms with Crippen LogP contribution in [0.15, 0.2) is 90.1 Å². The lowest BCUT2D eigenvalue weighted by molar-refractivity contribution is 0.418. The molecule has 5 rings (SSSR count). The number of methoxy groups -OCH3 is 2. The van der Waals surface area contributed by atoms with Crippen LogP contribution < -0.4 is 9.47 Å². The summed E-state index contributed by atoms with van der Waals surface area (Å²) < 4.78 is 37.3. The minimum absolute atomic E-state index is 0.261. The third-order valence-corrected chi connectivity index (χ3v) is 6.90. The molecule has 6 nitrogen and oxygen atoms in total. The Morgan fingerprint density at radius 3 is 2.12 bits per heavy atom. The number of benzene rings is 3. The van der Waals surface area contributed by atoms with E-state index in [0.29, 0.717) is 11.3 Å². The number of hydrogen-bond acceptors (Lipinski definition) is 4. The van der Waals surface area contributed by atoms with Crippen LogP contribution in [0.2, 0.25) is 0 Å². The zero-order valence-corrected chi connectivity index (χ0v) is 18.9. The van der Waals surface area contributed by atoms with Gasteiger partial charge in [-0.2, -0.15) is 0 Å². The summed E-state index contributed by atoms with van der Waals surface area (Å²) in [6.07, 6.45) is 3.47. The van der Waals surface area contributed by atoms with E-state index in [1.54, 1.807) is 49.7 Å². The molecule has 0 atom stereocenters. The third kappa shape index (κ3) is 3.94. The summed E-state index contributed by atoms with van der Waals surface area (Å²) in [5.74, 6) is 1.43. The summed E-state index contributed by atoms with van der Waals surface area (Å²) in [4.78, 5) is 3.37. The SMILES string of the molecule is COc1cccc2cc[nH]c12.COc1cccc2ccn(S(=O)(=O)c3ccc(C)cc3)c12. The molecule has 0 fully saturated rings. The van der Waals surface area contributed by atoms with Gasteiger partial charge < -0.3 is 14.5 Å². The fraction of sp³-hybridized carbons (Fsp3) is 0.120. The van der Waals surface area contributed by atoms with Crippen LogP contribution in [-0.4, -0.2) is 31.6 Å². The monoisotopic (exact) mass is 448 g/mol. The topological polar surface area (TPSA) is 73.3 Å². The van der Waals surface area contributed by atoms with Gasteiger partial charge >= 0.3 is 0 Å². The zero-order chi connectivity index (χ0) is 22.7. The quantitative estimate of drug-likeness (QED) is 0.401.